The minimum atomic E-state index is 0.585. The standard InChI is InChI=1S/C38H31NO/c1-2-10-26(11-3-1)33-18-9-19-34-36-32-16-7-5-13-28(32)24-35(38(36)40-37(33)34)39-29-22-20-27(21-23-29)31-17-8-14-25-12-4-6-15-30(25)31/h4-9,12-24,26,39H,1-3,10-11H2. The first-order chi connectivity index (χ1) is 19.8. The van der Waals surface area contributed by atoms with Gasteiger partial charge in [-0.3, -0.25) is 0 Å². The van der Waals surface area contributed by atoms with Gasteiger partial charge in [0.1, 0.15) is 5.58 Å². The zero-order valence-corrected chi connectivity index (χ0v) is 22.5. The predicted molar refractivity (Wildman–Crippen MR) is 170 cm³/mol. The van der Waals surface area contributed by atoms with Gasteiger partial charge in [0.15, 0.2) is 5.58 Å². The second-order valence-corrected chi connectivity index (χ2v) is 11.2. The van der Waals surface area contributed by atoms with E-state index in [1.165, 1.54) is 81.1 Å². The Kier molecular flexibility index (Phi) is 5.58. The molecule has 6 aromatic carbocycles. The average molecular weight is 518 g/mol. The van der Waals surface area contributed by atoms with E-state index >= 15 is 0 Å². The van der Waals surface area contributed by atoms with Crippen LogP contribution in [-0.2, 0) is 0 Å². The highest BCUT2D eigenvalue weighted by atomic mass is 16.3. The molecule has 2 heteroatoms. The van der Waals surface area contributed by atoms with Gasteiger partial charge in [-0.15, -0.1) is 0 Å². The monoisotopic (exact) mass is 517 g/mol. The van der Waals surface area contributed by atoms with E-state index in [1.807, 2.05) is 0 Å². The Bertz CT molecular complexity index is 2000. The van der Waals surface area contributed by atoms with Gasteiger partial charge >= 0.3 is 0 Å². The molecule has 8 rings (SSSR count). The molecule has 1 heterocycles. The maximum absolute atomic E-state index is 6.83. The van der Waals surface area contributed by atoms with Gasteiger partial charge in [-0.25, -0.2) is 0 Å². The van der Waals surface area contributed by atoms with Gasteiger partial charge in [0.25, 0.3) is 0 Å². The Morgan fingerprint density at radius 1 is 0.575 bits per heavy atom. The summed E-state index contributed by atoms with van der Waals surface area (Å²) in [6.45, 7) is 0. The Morgan fingerprint density at radius 3 is 2.12 bits per heavy atom. The van der Waals surface area contributed by atoms with E-state index < -0.39 is 0 Å². The molecule has 0 aliphatic heterocycles. The second kappa shape index (κ2) is 9.57. The van der Waals surface area contributed by atoms with Crippen molar-refractivity contribution in [2.24, 2.45) is 0 Å². The lowest BCUT2D eigenvalue weighted by Crippen LogP contribution is -2.04. The fraction of sp³-hybridized carbons (Fsp3) is 0.158. The van der Waals surface area contributed by atoms with E-state index in [1.54, 1.807) is 0 Å². The maximum atomic E-state index is 6.83. The van der Waals surface area contributed by atoms with E-state index in [0.717, 1.165) is 22.5 Å². The first-order valence-electron chi connectivity index (χ1n) is 14.6. The highest BCUT2D eigenvalue weighted by Crippen LogP contribution is 2.44. The van der Waals surface area contributed by atoms with E-state index in [2.05, 4.69) is 121 Å². The molecule has 194 valence electrons. The molecule has 1 aromatic heterocycles. The molecule has 1 N–H and O–H groups in total. The number of rotatable bonds is 4. The van der Waals surface area contributed by atoms with Crippen LogP contribution >= 0.6 is 0 Å². The second-order valence-electron chi connectivity index (χ2n) is 11.2. The summed E-state index contributed by atoms with van der Waals surface area (Å²) in [5.74, 6) is 0.585. The summed E-state index contributed by atoms with van der Waals surface area (Å²) in [5, 5.41) is 11.2. The van der Waals surface area contributed by atoms with Crippen molar-refractivity contribution < 1.29 is 4.42 Å². The van der Waals surface area contributed by atoms with Crippen molar-refractivity contribution >= 4 is 54.9 Å². The number of furan rings is 1. The molecule has 1 aliphatic rings. The number of benzene rings is 6. The zero-order chi connectivity index (χ0) is 26.5. The minimum Gasteiger partial charge on any atom is -0.454 e. The van der Waals surface area contributed by atoms with Crippen LogP contribution in [0.5, 0.6) is 0 Å². The molecular formula is C38H31NO. The van der Waals surface area contributed by atoms with Crippen molar-refractivity contribution in [3.8, 4) is 11.1 Å². The number of fused-ring (bicyclic) bond motifs is 6. The van der Waals surface area contributed by atoms with Crippen LogP contribution in [0.2, 0.25) is 0 Å². The van der Waals surface area contributed by atoms with E-state index in [-0.39, 0.29) is 0 Å². The molecule has 7 aromatic rings. The molecule has 0 radical (unpaired) electrons. The van der Waals surface area contributed by atoms with Gasteiger partial charge in [0.05, 0.1) is 5.69 Å². The third-order valence-electron chi connectivity index (χ3n) is 8.83. The molecule has 1 saturated carbocycles. The summed E-state index contributed by atoms with van der Waals surface area (Å²) >= 11 is 0. The van der Waals surface area contributed by atoms with Crippen LogP contribution in [0.1, 0.15) is 43.6 Å². The number of nitrogens with one attached hydrogen (secondary N) is 1. The van der Waals surface area contributed by atoms with Crippen LogP contribution in [0.3, 0.4) is 0 Å². The average Bonchev–Trinajstić information content (AvgIpc) is 3.42. The highest BCUT2D eigenvalue weighted by molar-refractivity contribution is 6.22. The van der Waals surface area contributed by atoms with Crippen molar-refractivity contribution in [1.82, 2.24) is 0 Å². The molecule has 0 spiro atoms. The van der Waals surface area contributed by atoms with E-state index in [9.17, 15) is 0 Å². The molecule has 2 nitrogen and oxygen atoms in total. The van der Waals surface area contributed by atoms with Gasteiger partial charge in [-0.2, -0.15) is 0 Å². The lowest BCUT2D eigenvalue weighted by Gasteiger charge is -2.21. The van der Waals surface area contributed by atoms with Crippen LogP contribution in [-0.4, -0.2) is 0 Å². The number of hydrogen-bond acceptors (Lipinski definition) is 2. The fourth-order valence-electron chi connectivity index (χ4n) is 6.86. The third-order valence-corrected chi connectivity index (χ3v) is 8.83. The van der Waals surface area contributed by atoms with Crippen molar-refractivity contribution in [2.45, 2.75) is 38.0 Å². The lowest BCUT2D eigenvalue weighted by atomic mass is 9.83. The summed E-state index contributed by atoms with van der Waals surface area (Å²) < 4.78 is 6.83. The molecule has 0 bridgehead atoms. The third kappa shape index (κ3) is 3.86. The summed E-state index contributed by atoms with van der Waals surface area (Å²) in [7, 11) is 0. The molecule has 0 atom stereocenters. The summed E-state index contributed by atoms with van der Waals surface area (Å²) in [6, 6.07) is 41.5. The first kappa shape index (κ1) is 23.3. The molecule has 1 fully saturated rings. The molecule has 1 aliphatic carbocycles. The van der Waals surface area contributed by atoms with Gasteiger partial charge in [0.2, 0.25) is 0 Å². The Morgan fingerprint density at radius 2 is 1.27 bits per heavy atom. The van der Waals surface area contributed by atoms with Crippen LogP contribution in [0, 0.1) is 0 Å². The minimum absolute atomic E-state index is 0.585. The quantitative estimate of drug-likeness (QED) is 0.251. The van der Waals surface area contributed by atoms with Crippen molar-refractivity contribution in [3.63, 3.8) is 0 Å². The summed E-state index contributed by atoms with van der Waals surface area (Å²) in [5.41, 5.74) is 7.91. The van der Waals surface area contributed by atoms with Crippen LogP contribution < -0.4 is 5.32 Å². The van der Waals surface area contributed by atoms with Crippen molar-refractivity contribution in [1.29, 1.82) is 0 Å². The van der Waals surface area contributed by atoms with Gasteiger partial charge in [0, 0.05) is 16.5 Å². The van der Waals surface area contributed by atoms with Crippen molar-refractivity contribution in [2.75, 3.05) is 5.32 Å². The highest BCUT2D eigenvalue weighted by Gasteiger charge is 2.22. The molecular weight excluding hydrogens is 486 g/mol. The summed E-state index contributed by atoms with van der Waals surface area (Å²) in [4.78, 5) is 0. The molecule has 40 heavy (non-hydrogen) atoms. The number of anilines is 2. The molecule has 0 amide bonds. The SMILES string of the molecule is c1ccc2c(-c3ccc(Nc4cc5ccccc5c5c4oc4c(C6CCCCC6)cccc45)cc3)cccc2c1. The van der Waals surface area contributed by atoms with Crippen LogP contribution in [0.25, 0.3) is 54.6 Å². The normalized spacial score (nSPS) is 14.4. The van der Waals surface area contributed by atoms with E-state index in [0.29, 0.717) is 5.92 Å². The largest absolute Gasteiger partial charge is 0.454 e. The van der Waals surface area contributed by atoms with Gasteiger partial charge in [-0.1, -0.05) is 116 Å². The topological polar surface area (TPSA) is 25.2 Å². The predicted octanol–water partition coefficient (Wildman–Crippen LogP) is 11.4. The van der Waals surface area contributed by atoms with Crippen molar-refractivity contribution in [3.05, 3.63) is 121 Å². The smallest absolute Gasteiger partial charge is 0.159 e. The zero-order valence-electron chi connectivity index (χ0n) is 22.5. The fourth-order valence-corrected chi connectivity index (χ4v) is 6.86. The van der Waals surface area contributed by atoms with Crippen LogP contribution in [0.4, 0.5) is 11.4 Å². The summed E-state index contributed by atoms with van der Waals surface area (Å²) in [6.07, 6.45) is 6.48. The lowest BCUT2D eigenvalue weighted by molar-refractivity contribution is 0.442. The van der Waals surface area contributed by atoms with E-state index in [4.69, 9.17) is 4.42 Å². The maximum Gasteiger partial charge on any atom is 0.159 e. The number of hydrogen-bond donors (Lipinski definition) is 1. The molecule has 0 unspecified atom stereocenters. The Hall–Kier alpha value is -4.56. The Balaban J connectivity index is 1.24. The van der Waals surface area contributed by atoms with Gasteiger partial charge < -0.3 is 9.73 Å². The molecule has 0 saturated heterocycles. The van der Waals surface area contributed by atoms with Gasteiger partial charge in [-0.05, 0) is 75.2 Å². The first-order valence-corrected chi connectivity index (χ1v) is 14.6. The van der Waals surface area contributed by atoms with Crippen LogP contribution in [0.15, 0.2) is 120 Å². The Labute approximate surface area is 234 Å². The number of para-hydroxylation sites is 1.